The van der Waals surface area contributed by atoms with Gasteiger partial charge in [0.05, 0.1) is 20.3 Å². The van der Waals surface area contributed by atoms with E-state index in [1.807, 2.05) is 0 Å². The summed E-state index contributed by atoms with van der Waals surface area (Å²) in [6, 6.07) is 8.34. The van der Waals surface area contributed by atoms with Crippen molar-refractivity contribution >= 4 is 23.7 Å². The number of benzene rings is 1. The quantitative estimate of drug-likeness (QED) is 0.333. The second-order valence-electron chi connectivity index (χ2n) is 5.55. The lowest BCUT2D eigenvalue weighted by molar-refractivity contribution is -0.167. The number of hydrogen-bond acceptors (Lipinski definition) is 8. The zero-order valence-corrected chi connectivity index (χ0v) is 13.7. The number of carbonyl (C=O) groups is 4. The summed E-state index contributed by atoms with van der Waals surface area (Å²) in [6.07, 6.45) is -2.53. The Morgan fingerprint density at radius 1 is 1.04 bits per heavy atom. The number of ketones is 1. The van der Waals surface area contributed by atoms with Crippen LogP contribution in [0.1, 0.15) is 16.8 Å². The molecule has 25 heavy (non-hydrogen) atoms. The van der Waals surface area contributed by atoms with Crippen molar-refractivity contribution in [1.29, 1.82) is 0 Å². The van der Waals surface area contributed by atoms with Gasteiger partial charge in [-0.25, -0.2) is 9.59 Å². The average molecular weight is 350 g/mol. The Morgan fingerprint density at radius 3 is 2.24 bits per heavy atom. The maximum absolute atomic E-state index is 12.2. The van der Waals surface area contributed by atoms with E-state index in [0.717, 1.165) is 14.2 Å². The van der Waals surface area contributed by atoms with E-state index >= 15 is 0 Å². The highest BCUT2D eigenvalue weighted by Gasteiger charge is 2.62. The molecule has 0 bridgehead atoms. The number of Topliss-reactive ketones (excluding diaryl/α,β-unsaturated/α-hetero) is 1. The normalized spacial score (nSPS) is 22.4. The van der Waals surface area contributed by atoms with Crippen molar-refractivity contribution in [2.45, 2.75) is 18.6 Å². The average Bonchev–Trinajstić information content (AvgIpc) is 3.34. The van der Waals surface area contributed by atoms with Gasteiger partial charge in [0.25, 0.3) is 0 Å². The van der Waals surface area contributed by atoms with Crippen molar-refractivity contribution in [2.75, 3.05) is 14.2 Å². The third-order valence-electron chi connectivity index (χ3n) is 4.01. The fourth-order valence-electron chi connectivity index (χ4n) is 2.67. The van der Waals surface area contributed by atoms with E-state index < -0.39 is 42.0 Å². The summed E-state index contributed by atoms with van der Waals surface area (Å²) in [7, 11) is 2.16. The summed E-state index contributed by atoms with van der Waals surface area (Å²) in [6.45, 7) is 0. The molecule has 1 aliphatic rings. The lowest BCUT2D eigenvalue weighted by atomic mass is 10.0. The maximum Gasteiger partial charge on any atom is 0.417 e. The molecule has 1 aliphatic carbocycles. The van der Waals surface area contributed by atoms with Crippen LogP contribution in [0.4, 0.5) is 0 Å². The molecule has 8 heteroatoms. The Morgan fingerprint density at radius 2 is 1.68 bits per heavy atom. The van der Waals surface area contributed by atoms with Crippen molar-refractivity contribution in [3.63, 3.8) is 0 Å². The Bertz CT molecular complexity index is 668. The monoisotopic (exact) mass is 350 g/mol. The van der Waals surface area contributed by atoms with E-state index in [9.17, 15) is 24.3 Å². The third-order valence-corrected chi connectivity index (χ3v) is 4.01. The van der Waals surface area contributed by atoms with Gasteiger partial charge in [-0.05, 0) is 0 Å². The fraction of sp³-hybridized carbons (Fsp3) is 0.412. The molecule has 2 rings (SSSR count). The SMILES string of the molecule is COC(=O)C(=O)O[C@@H]1[C@@H](C(=O)OC)[C@@H]1[C@@H](O)CC(=O)c1ccccc1. The van der Waals surface area contributed by atoms with Gasteiger partial charge >= 0.3 is 17.9 Å². The van der Waals surface area contributed by atoms with Gasteiger partial charge in [0.1, 0.15) is 12.0 Å². The Kier molecular flexibility index (Phi) is 5.87. The number of hydrogen-bond donors (Lipinski definition) is 1. The van der Waals surface area contributed by atoms with Gasteiger partial charge in [-0.15, -0.1) is 0 Å². The third kappa shape index (κ3) is 4.21. The first kappa shape index (κ1) is 18.6. The lowest BCUT2D eigenvalue weighted by Gasteiger charge is -2.09. The second-order valence-corrected chi connectivity index (χ2v) is 5.55. The molecule has 8 nitrogen and oxygen atoms in total. The van der Waals surface area contributed by atoms with Gasteiger partial charge in [-0.2, -0.15) is 0 Å². The van der Waals surface area contributed by atoms with Gasteiger partial charge in [0.2, 0.25) is 0 Å². The first-order valence-electron chi connectivity index (χ1n) is 7.53. The zero-order chi connectivity index (χ0) is 18.6. The molecular formula is C17H18O8. The summed E-state index contributed by atoms with van der Waals surface area (Å²) >= 11 is 0. The second kappa shape index (κ2) is 7.89. The molecule has 4 atom stereocenters. The number of carbonyl (C=O) groups excluding carboxylic acids is 4. The van der Waals surface area contributed by atoms with Gasteiger partial charge in [0.15, 0.2) is 5.78 Å². The van der Waals surface area contributed by atoms with Crippen LogP contribution in [0.2, 0.25) is 0 Å². The molecule has 1 saturated carbocycles. The topological polar surface area (TPSA) is 116 Å². The van der Waals surface area contributed by atoms with Crippen molar-refractivity contribution in [1.82, 2.24) is 0 Å². The molecule has 0 aliphatic heterocycles. The predicted octanol–water partition coefficient (Wildman–Crippen LogP) is 0.124. The highest BCUT2D eigenvalue weighted by atomic mass is 16.6. The molecule has 1 N–H and O–H groups in total. The molecule has 0 saturated heterocycles. The molecule has 0 aromatic heterocycles. The van der Waals surface area contributed by atoms with E-state index in [1.165, 1.54) is 0 Å². The van der Waals surface area contributed by atoms with E-state index in [4.69, 9.17) is 4.74 Å². The number of rotatable bonds is 6. The number of ether oxygens (including phenoxy) is 3. The molecule has 1 aromatic rings. The van der Waals surface area contributed by atoms with Gasteiger partial charge in [0, 0.05) is 17.9 Å². The lowest BCUT2D eigenvalue weighted by Crippen LogP contribution is -2.23. The first-order chi connectivity index (χ1) is 11.9. The molecule has 0 spiro atoms. The number of esters is 3. The molecule has 0 heterocycles. The summed E-state index contributed by atoms with van der Waals surface area (Å²) in [5.74, 6) is -5.26. The Hall–Kier alpha value is -2.74. The zero-order valence-electron chi connectivity index (χ0n) is 13.7. The molecule has 0 unspecified atom stereocenters. The maximum atomic E-state index is 12.2. The van der Waals surface area contributed by atoms with E-state index in [2.05, 4.69) is 9.47 Å². The Balaban J connectivity index is 2.04. The van der Waals surface area contributed by atoms with Crippen molar-refractivity contribution in [3.05, 3.63) is 35.9 Å². The van der Waals surface area contributed by atoms with Crippen LogP contribution in [0, 0.1) is 11.8 Å². The van der Waals surface area contributed by atoms with Crippen LogP contribution in [0.3, 0.4) is 0 Å². The summed E-state index contributed by atoms with van der Waals surface area (Å²) in [4.78, 5) is 46.5. The van der Waals surface area contributed by atoms with E-state index in [-0.39, 0.29) is 12.2 Å². The van der Waals surface area contributed by atoms with Gasteiger partial charge in [-0.1, -0.05) is 30.3 Å². The number of methoxy groups -OCH3 is 2. The van der Waals surface area contributed by atoms with Crippen LogP contribution in [0.5, 0.6) is 0 Å². The minimum absolute atomic E-state index is 0.256. The van der Waals surface area contributed by atoms with Crippen LogP contribution in [-0.4, -0.2) is 55.2 Å². The van der Waals surface area contributed by atoms with Crippen LogP contribution >= 0.6 is 0 Å². The number of aliphatic hydroxyl groups is 1. The van der Waals surface area contributed by atoms with Crippen LogP contribution in [0.15, 0.2) is 30.3 Å². The molecule has 1 aromatic carbocycles. The fourth-order valence-corrected chi connectivity index (χ4v) is 2.67. The van der Waals surface area contributed by atoms with Crippen LogP contribution in [-0.2, 0) is 28.6 Å². The summed E-state index contributed by atoms with van der Waals surface area (Å²) < 4.78 is 13.7. The smallest absolute Gasteiger partial charge is 0.417 e. The molecule has 0 amide bonds. The standard InChI is InChI=1S/C17H18O8/c1-23-15(20)13-12(14(13)25-17(22)16(21)24-2)11(19)8-10(18)9-6-4-3-5-7-9/h3-7,11-14,19H,8H2,1-2H3/t11-,12-,13-,14-/m0/s1. The summed E-state index contributed by atoms with van der Waals surface area (Å²) in [5.41, 5.74) is 0.417. The highest BCUT2D eigenvalue weighted by molar-refractivity contribution is 6.29. The molecular weight excluding hydrogens is 332 g/mol. The van der Waals surface area contributed by atoms with Crippen LogP contribution in [0.25, 0.3) is 0 Å². The number of aliphatic hydroxyl groups excluding tert-OH is 1. The first-order valence-corrected chi connectivity index (χ1v) is 7.53. The minimum Gasteiger partial charge on any atom is -0.469 e. The molecule has 0 radical (unpaired) electrons. The highest BCUT2D eigenvalue weighted by Crippen LogP contribution is 2.46. The van der Waals surface area contributed by atoms with E-state index in [0.29, 0.717) is 5.56 Å². The van der Waals surface area contributed by atoms with E-state index in [1.54, 1.807) is 30.3 Å². The van der Waals surface area contributed by atoms with Crippen molar-refractivity contribution in [3.8, 4) is 0 Å². The van der Waals surface area contributed by atoms with Gasteiger partial charge < -0.3 is 19.3 Å². The Labute approximate surface area is 143 Å². The predicted molar refractivity (Wildman–Crippen MR) is 82.3 cm³/mol. The van der Waals surface area contributed by atoms with Crippen molar-refractivity contribution < 1.29 is 38.5 Å². The summed E-state index contributed by atoms with van der Waals surface area (Å²) in [5, 5.41) is 10.3. The van der Waals surface area contributed by atoms with Crippen molar-refractivity contribution in [2.24, 2.45) is 11.8 Å². The van der Waals surface area contributed by atoms with Gasteiger partial charge in [-0.3, -0.25) is 9.59 Å². The molecule has 134 valence electrons. The largest absolute Gasteiger partial charge is 0.469 e. The minimum atomic E-state index is -1.27. The van der Waals surface area contributed by atoms with Crippen LogP contribution < -0.4 is 0 Å². The molecule has 1 fully saturated rings.